The van der Waals surface area contributed by atoms with Gasteiger partial charge in [0.1, 0.15) is 5.69 Å². The summed E-state index contributed by atoms with van der Waals surface area (Å²) >= 11 is 0. The van der Waals surface area contributed by atoms with E-state index in [0.717, 1.165) is 41.9 Å². The number of aromatic amines is 1. The molecule has 0 aliphatic carbocycles. The van der Waals surface area contributed by atoms with Crippen molar-refractivity contribution in [3.63, 3.8) is 0 Å². The molecule has 0 bridgehead atoms. The Morgan fingerprint density at radius 2 is 2.06 bits per heavy atom. The average Bonchev–Trinajstić information content (AvgIpc) is 2.41. The van der Waals surface area contributed by atoms with Crippen molar-refractivity contribution in [1.82, 2.24) is 10.2 Å². The van der Waals surface area contributed by atoms with Gasteiger partial charge in [-0.15, -0.1) is 0 Å². The second-order valence-corrected chi connectivity index (χ2v) is 4.62. The van der Waals surface area contributed by atoms with Crippen LogP contribution in [0, 0.1) is 0 Å². The maximum atomic E-state index is 11.8. The lowest BCUT2D eigenvalue weighted by molar-refractivity contribution is 0.725. The highest BCUT2D eigenvalue weighted by atomic mass is 16.1. The van der Waals surface area contributed by atoms with Crippen molar-refractivity contribution < 1.29 is 0 Å². The molecule has 18 heavy (non-hydrogen) atoms. The van der Waals surface area contributed by atoms with Gasteiger partial charge in [-0.1, -0.05) is 30.3 Å². The van der Waals surface area contributed by atoms with Gasteiger partial charge < -0.3 is 4.90 Å². The summed E-state index contributed by atoms with van der Waals surface area (Å²) in [5.41, 5.74) is 3.69. The van der Waals surface area contributed by atoms with E-state index in [4.69, 9.17) is 0 Å². The molecule has 3 rings (SSSR count). The van der Waals surface area contributed by atoms with Crippen LogP contribution in [0.15, 0.2) is 35.1 Å². The number of fused-ring (bicyclic) bond motifs is 1. The molecule has 2 heterocycles. The van der Waals surface area contributed by atoms with Crippen molar-refractivity contribution in [2.24, 2.45) is 0 Å². The van der Waals surface area contributed by atoms with Crippen molar-refractivity contribution in [1.29, 1.82) is 0 Å². The molecule has 1 aliphatic heterocycles. The number of anilines is 1. The molecule has 0 amide bonds. The van der Waals surface area contributed by atoms with Crippen LogP contribution in [-0.2, 0) is 6.42 Å². The number of hydrogen-bond acceptors (Lipinski definition) is 3. The van der Waals surface area contributed by atoms with Crippen LogP contribution in [-0.4, -0.2) is 23.8 Å². The lowest BCUT2D eigenvalue weighted by atomic mass is 10.00. The fraction of sp³-hybridized carbons (Fsp3) is 0.286. The molecule has 0 fully saturated rings. The molecule has 4 heteroatoms. The molecule has 4 nitrogen and oxygen atoms in total. The first kappa shape index (κ1) is 11.0. The molecule has 0 spiro atoms. The Morgan fingerprint density at radius 1 is 1.28 bits per heavy atom. The zero-order valence-electron chi connectivity index (χ0n) is 10.3. The molecule has 0 unspecified atom stereocenters. The van der Waals surface area contributed by atoms with E-state index in [1.165, 1.54) is 0 Å². The first-order chi connectivity index (χ1) is 8.77. The molecule has 0 saturated carbocycles. The van der Waals surface area contributed by atoms with Gasteiger partial charge in [0, 0.05) is 24.7 Å². The maximum absolute atomic E-state index is 11.8. The summed E-state index contributed by atoms with van der Waals surface area (Å²) in [5, 5.41) is 6.85. The summed E-state index contributed by atoms with van der Waals surface area (Å²) in [6, 6.07) is 9.98. The molecule has 1 N–H and O–H groups in total. The molecule has 0 atom stereocenters. The number of aromatic nitrogens is 2. The largest absolute Gasteiger partial charge is 0.372 e. The van der Waals surface area contributed by atoms with Gasteiger partial charge in [-0.3, -0.25) is 4.79 Å². The lowest BCUT2D eigenvalue weighted by Gasteiger charge is -2.28. The number of nitrogens with one attached hydrogen (secondary N) is 1. The van der Waals surface area contributed by atoms with Crippen LogP contribution in [0.3, 0.4) is 0 Å². The molecule has 1 aromatic heterocycles. The molecule has 0 saturated heterocycles. The smallest absolute Gasteiger partial charge is 0.269 e. The van der Waals surface area contributed by atoms with Crippen LogP contribution in [0.4, 0.5) is 5.69 Å². The highest BCUT2D eigenvalue weighted by Crippen LogP contribution is 2.32. The lowest BCUT2D eigenvalue weighted by Crippen LogP contribution is -2.31. The molecular weight excluding hydrogens is 226 g/mol. The molecular formula is C14H15N3O. The first-order valence-electron chi connectivity index (χ1n) is 6.15. The Balaban J connectivity index is 2.26. The fourth-order valence-electron chi connectivity index (χ4n) is 2.52. The molecule has 1 aromatic carbocycles. The standard InChI is InChI=1S/C14H15N3O/c1-17-9-5-8-11-13(17)12(15-16-14(11)18)10-6-3-2-4-7-10/h2-4,6-7H,5,8-9H2,1H3,(H,16,18). The van der Waals surface area contributed by atoms with Crippen LogP contribution >= 0.6 is 0 Å². The minimum atomic E-state index is -0.0590. The zero-order chi connectivity index (χ0) is 12.5. The highest BCUT2D eigenvalue weighted by Gasteiger charge is 2.22. The van der Waals surface area contributed by atoms with Crippen LogP contribution in [0.1, 0.15) is 12.0 Å². The van der Waals surface area contributed by atoms with Crippen molar-refractivity contribution in [2.45, 2.75) is 12.8 Å². The van der Waals surface area contributed by atoms with E-state index in [1.807, 2.05) is 37.4 Å². The SMILES string of the molecule is CN1CCCc2c1c(-c1ccccc1)n[nH]c2=O. The van der Waals surface area contributed by atoms with E-state index < -0.39 is 0 Å². The Kier molecular flexibility index (Phi) is 2.63. The van der Waals surface area contributed by atoms with Gasteiger partial charge in [0.05, 0.1) is 5.69 Å². The Labute approximate surface area is 105 Å². The second-order valence-electron chi connectivity index (χ2n) is 4.62. The van der Waals surface area contributed by atoms with E-state index >= 15 is 0 Å². The van der Waals surface area contributed by atoms with E-state index in [9.17, 15) is 4.79 Å². The number of benzene rings is 1. The van der Waals surface area contributed by atoms with E-state index in [1.54, 1.807) is 0 Å². The van der Waals surface area contributed by atoms with Crippen LogP contribution in [0.2, 0.25) is 0 Å². The van der Waals surface area contributed by atoms with Crippen molar-refractivity contribution in [3.8, 4) is 11.3 Å². The van der Waals surface area contributed by atoms with E-state index in [-0.39, 0.29) is 5.56 Å². The normalized spacial score (nSPS) is 14.4. The maximum Gasteiger partial charge on any atom is 0.269 e. The number of rotatable bonds is 1. The van der Waals surface area contributed by atoms with Gasteiger partial charge in [-0.25, -0.2) is 5.10 Å². The third kappa shape index (κ3) is 1.70. The Hall–Kier alpha value is -2.10. The highest BCUT2D eigenvalue weighted by molar-refractivity contribution is 5.77. The predicted octanol–water partition coefficient (Wildman–Crippen LogP) is 1.82. The van der Waals surface area contributed by atoms with Crippen molar-refractivity contribution in [2.75, 3.05) is 18.5 Å². The quantitative estimate of drug-likeness (QED) is 0.828. The predicted molar refractivity (Wildman–Crippen MR) is 71.9 cm³/mol. The Morgan fingerprint density at radius 3 is 2.83 bits per heavy atom. The molecule has 1 aliphatic rings. The average molecular weight is 241 g/mol. The Bertz CT molecular complexity index is 619. The first-order valence-corrected chi connectivity index (χ1v) is 6.15. The topological polar surface area (TPSA) is 49.0 Å². The second kappa shape index (κ2) is 4.29. The van der Waals surface area contributed by atoms with E-state index in [2.05, 4.69) is 15.1 Å². The monoisotopic (exact) mass is 241 g/mol. The van der Waals surface area contributed by atoms with Gasteiger partial charge in [-0.2, -0.15) is 5.10 Å². The summed E-state index contributed by atoms with van der Waals surface area (Å²) in [5.74, 6) is 0. The minimum Gasteiger partial charge on any atom is -0.372 e. The molecule has 0 radical (unpaired) electrons. The zero-order valence-corrected chi connectivity index (χ0v) is 10.3. The third-order valence-electron chi connectivity index (χ3n) is 3.40. The number of nitrogens with zero attached hydrogens (tertiary/aromatic N) is 2. The van der Waals surface area contributed by atoms with Gasteiger partial charge in [0.15, 0.2) is 0 Å². The summed E-state index contributed by atoms with van der Waals surface area (Å²) in [6.07, 6.45) is 1.85. The summed E-state index contributed by atoms with van der Waals surface area (Å²) in [4.78, 5) is 14.0. The molecule has 92 valence electrons. The van der Waals surface area contributed by atoms with Gasteiger partial charge in [-0.05, 0) is 12.8 Å². The summed E-state index contributed by atoms with van der Waals surface area (Å²) < 4.78 is 0. The summed E-state index contributed by atoms with van der Waals surface area (Å²) in [6.45, 7) is 0.970. The van der Waals surface area contributed by atoms with Crippen molar-refractivity contribution >= 4 is 5.69 Å². The van der Waals surface area contributed by atoms with Crippen LogP contribution < -0.4 is 10.5 Å². The van der Waals surface area contributed by atoms with Crippen molar-refractivity contribution in [3.05, 3.63) is 46.2 Å². The number of H-pyrrole nitrogens is 1. The number of hydrogen-bond donors (Lipinski definition) is 1. The minimum absolute atomic E-state index is 0.0590. The third-order valence-corrected chi connectivity index (χ3v) is 3.40. The van der Waals surface area contributed by atoms with Gasteiger partial charge in [0.2, 0.25) is 0 Å². The molecule has 2 aromatic rings. The fourth-order valence-corrected chi connectivity index (χ4v) is 2.52. The van der Waals surface area contributed by atoms with Crippen LogP contribution in [0.5, 0.6) is 0 Å². The van der Waals surface area contributed by atoms with Gasteiger partial charge >= 0.3 is 0 Å². The van der Waals surface area contributed by atoms with Gasteiger partial charge in [0.25, 0.3) is 5.56 Å². The van der Waals surface area contributed by atoms with Crippen LogP contribution in [0.25, 0.3) is 11.3 Å². The summed E-state index contributed by atoms with van der Waals surface area (Å²) in [7, 11) is 2.02. The van der Waals surface area contributed by atoms with E-state index in [0.29, 0.717) is 0 Å².